The summed E-state index contributed by atoms with van der Waals surface area (Å²) in [5.74, 6) is -0.507. The summed E-state index contributed by atoms with van der Waals surface area (Å²) in [5, 5.41) is 9.20. The van der Waals surface area contributed by atoms with Crippen LogP contribution < -0.4 is 9.47 Å². The number of hydrogen-bond donors (Lipinski definition) is 1. The van der Waals surface area contributed by atoms with Gasteiger partial charge in [0.25, 0.3) is 0 Å². The van der Waals surface area contributed by atoms with Gasteiger partial charge in [0.05, 0.1) is 19.8 Å². The molecule has 1 fully saturated rings. The monoisotopic (exact) mass is 264 g/mol. The minimum atomic E-state index is -1.26. The zero-order valence-electron chi connectivity index (χ0n) is 11.1. The standard InChI is InChI=1S/C14H16O5/c1-8-6-9(18-2)7-10(19-3)11(8)12(15)14(4-5-14)13(16)17/h6-7H,4-5H2,1-3H3,(H,16,17). The number of Topliss-reactive ketones (excluding diaryl/α,β-unsaturated/α-hetero) is 1. The Balaban J connectivity index is 2.51. The molecule has 0 aliphatic heterocycles. The Labute approximate surface area is 111 Å². The summed E-state index contributed by atoms with van der Waals surface area (Å²) in [7, 11) is 2.97. The molecule has 1 saturated carbocycles. The van der Waals surface area contributed by atoms with E-state index in [1.54, 1.807) is 19.1 Å². The molecule has 102 valence electrons. The van der Waals surface area contributed by atoms with E-state index in [1.165, 1.54) is 14.2 Å². The van der Waals surface area contributed by atoms with E-state index in [2.05, 4.69) is 0 Å². The van der Waals surface area contributed by atoms with Gasteiger partial charge in [-0.3, -0.25) is 9.59 Å². The quantitative estimate of drug-likeness (QED) is 0.651. The molecule has 1 aromatic carbocycles. The van der Waals surface area contributed by atoms with Gasteiger partial charge < -0.3 is 14.6 Å². The number of aryl methyl sites for hydroxylation is 1. The molecule has 1 aliphatic carbocycles. The molecule has 0 bridgehead atoms. The molecule has 0 radical (unpaired) electrons. The second-order valence-corrected chi connectivity index (χ2v) is 4.74. The first kappa shape index (κ1) is 13.4. The maximum atomic E-state index is 12.5. The summed E-state index contributed by atoms with van der Waals surface area (Å²) in [6.07, 6.45) is 0.769. The van der Waals surface area contributed by atoms with Crippen LogP contribution >= 0.6 is 0 Å². The van der Waals surface area contributed by atoms with Gasteiger partial charge in [0.15, 0.2) is 5.78 Å². The molecule has 0 atom stereocenters. The molecule has 0 unspecified atom stereocenters. The number of ketones is 1. The third kappa shape index (κ3) is 2.05. The number of hydrogen-bond acceptors (Lipinski definition) is 4. The maximum absolute atomic E-state index is 12.5. The molecule has 0 spiro atoms. The SMILES string of the molecule is COc1cc(C)c(C(=O)C2(C(=O)O)CC2)c(OC)c1. The lowest BCUT2D eigenvalue weighted by atomic mass is 9.91. The number of ether oxygens (including phenoxy) is 2. The zero-order chi connectivity index (χ0) is 14.2. The highest BCUT2D eigenvalue weighted by Crippen LogP contribution is 2.50. The molecule has 1 aromatic rings. The van der Waals surface area contributed by atoms with Crippen LogP contribution in [0.5, 0.6) is 11.5 Å². The number of carbonyl (C=O) groups excluding carboxylic acids is 1. The minimum absolute atomic E-state index is 0.336. The number of carboxylic acids is 1. The highest BCUT2D eigenvalue weighted by Gasteiger charge is 2.57. The predicted molar refractivity (Wildman–Crippen MR) is 67.9 cm³/mol. The summed E-state index contributed by atoms with van der Waals surface area (Å²) >= 11 is 0. The lowest BCUT2D eigenvalue weighted by Gasteiger charge is -2.16. The van der Waals surface area contributed by atoms with Crippen LogP contribution in [-0.4, -0.2) is 31.1 Å². The molecule has 0 saturated heterocycles. The second-order valence-electron chi connectivity index (χ2n) is 4.74. The summed E-state index contributed by atoms with van der Waals surface area (Å²) in [5.41, 5.74) is -0.260. The van der Waals surface area contributed by atoms with Crippen molar-refractivity contribution < 1.29 is 24.2 Å². The van der Waals surface area contributed by atoms with Crippen LogP contribution in [-0.2, 0) is 4.79 Å². The maximum Gasteiger partial charge on any atom is 0.317 e. The first-order chi connectivity index (χ1) is 8.96. The van der Waals surface area contributed by atoms with Crippen LogP contribution in [0.1, 0.15) is 28.8 Å². The van der Waals surface area contributed by atoms with Crippen molar-refractivity contribution in [2.45, 2.75) is 19.8 Å². The number of benzene rings is 1. The van der Waals surface area contributed by atoms with E-state index in [9.17, 15) is 14.7 Å². The average molecular weight is 264 g/mol. The second kappa shape index (κ2) is 4.57. The Kier molecular flexibility index (Phi) is 3.22. The van der Waals surface area contributed by atoms with Crippen LogP contribution in [0.3, 0.4) is 0 Å². The van der Waals surface area contributed by atoms with Crippen LogP contribution in [0.4, 0.5) is 0 Å². The Morgan fingerprint density at radius 3 is 2.26 bits per heavy atom. The van der Waals surface area contributed by atoms with Gasteiger partial charge in [-0.1, -0.05) is 0 Å². The molecular formula is C14H16O5. The van der Waals surface area contributed by atoms with Gasteiger partial charge in [-0.05, 0) is 31.4 Å². The first-order valence-corrected chi connectivity index (χ1v) is 5.97. The van der Waals surface area contributed by atoms with Crippen molar-refractivity contribution in [1.82, 2.24) is 0 Å². The van der Waals surface area contributed by atoms with Crippen molar-refractivity contribution in [3.8, 4) is 11.5 Å². The fourth-order valence-corrected chi connectivity index (χ4v) is 2.20. The smallest absolute Gasteiger partial charge is 0.317 e. The van der Waals surface area contributed by atoms with E-state index in [0.29, 0.717) is 35.5 Å². The molecule has 1 N–H and O–H groups in total. The van der Waals surface area contributed by atoms with E-state index >= 15 is 0 Å². The molecule has 5 nitrogen and oxygen atoms in total. The molecular weight excluding hydrogens is 248 g/mol. The van der Waals surface area contributed by atoms with Crippen LogP contribution in [0.2, 0.25) is 0 Å². The summed E-state index contributed by atoms with van der Waals surface area (Å²) in [6, 6.07) is 3.30. The highest BCUT2D eigenvalue weighted by atomic mass is 16.5. The van der Waals surface area contributed by atoms with Gasteiger partial charge in [-0.15, -0.1) is 0 Å². The normalized spacial score (nSPS) is 15.7. The third-order valence-electron chi connectivity index (χ3n) is 3.55. The Bertz CT molecular complexity index is 543. The largest absolute Gasteiger partial charge is 0.497 e. The van der Waals surface area contributed by atoms with Gasteiger partial charge in [-0.25, -0.2) is 0 Å². The van der Waals surface area contributed by atoms with Crippen molar-refractivity contribution in [1.29, 1.82) is 0 Å². The summed E-state index contributed by atoms with van der Waals surface area (Å²) < 4.78 is 10.3. The third-order valence-corrected chi connectivity index (χ3v) is 3.55. The number of aliphatic carboxylic acids is 1. The van der Waals surface area contributed by atoms with Crippen molar-refractivity contribution >= 4 is 11.8 Å². The van der Waals surface area contributed by atoms with Crippen molar-refractivity contribution in [2.24, 2.45) is 5.41 Å². The van der Waals surface area contributed by atoms with E-state index < -0.39 is 11.4 Å². The van der Waals surface area contributed by atoms with E-state index in [-0.39, 0.29) is 5.78 Å². The van der Waals surface area contributed by atoms with Crippen LogP contribution in [0.15, 0.2) is 12.1 Å². The lowest BCUT2D eigenvalue weighted by Crippen LogP contribution is -2.26. The van der Waals surface area contributed by atoms with Crippen molar-refractivity contribution in [3.05, 3.63) is 23.3 Å². The Morgan fingerprint density at radius 1 is 1.21 bits per heavy atom. The number of rotatable bonds is 5. The van der Waals surface area contributed by atoms with Crippen LogP contribution in [0, 0.1) is 12.3 Å². The van der Waals surface area contributed by atoms with Gasteiger partial charge >= 0.3 is 5.97 Å². The Hall–Kier alpha value is -2.04. The highest BCUT2D eigenvalue weighted by molar-refractivity contribution is 6.16. The summed E-state index contributed by atoms with van der Waals surface area (Å²) in [6.45, 7) is 1.75. The molecule has 5 heteroatoms. The zero-order valence-corrected chi connectivity index (χ0v) is 11.1. The predicted octanol–water partition coefficient (Wildman–Crippen LogP) is 2.06. The van der Waals surface area contributed by atoms with E-state index in [1.807, 2.05) is 0 Å². The number of carbonyl (C=O) groups is 2. The first-order valence-electron chi connectivity index (χ1n) is 5.97. The molecule has 0 heterocycles. The minimum Gasteiger partial charge on any atom is -0.497 e. The van der Waals surface area contributed by atoms with Crippen molar-refractivity contribution in [3.63, 3.8) is 0 Å². The van der Waals surface area contributed by atoms with Gasteiger partial charge in [0.2, 0.25) is 0 Å². The fraction of sp³-hybridized carbons (Fsp3) is 0.429. The van der Waals surface area contributed by atoms with Crippen LogP contribution in [0.25, 0.3) is 0 Å². The number of carboxylic acid groups (broad SMARTS) is 1. The molecule has 2 rings (SSSR count). The molecule has 19 heavy (non-hydrogen) atoms. The molecule has 1 aliphatic rings. The molecule has 0 amide bonds. The van der Waals surface area contributed by atoms with Gasteiger partial charge in [0.1, 0.15) is 16.9 Å². The summed E-state index contributed by atoms with van der Waals surface area (Å²) in [4.78, 5) is 23.7. The topological polar surface area (TPSA) is 72.8 Å². The van der Waals surface area contributed by atoms with Crippen molar-refractivity contribution in [2.75, 3.05) is 14.2 Å². The van der Waals surface area contributed by atoms with Gasteiger partial charge in [0, 0.05) is 6.07 Å². The lowest BCUT2D eigenvalue weighted by molar-refractivity contribution is -0.141. The van der Waals surface area contributed by atoms with E-state index in [0.717, 1.165) is 0 Å². The van der Waals surface area contributed by atoms with Gasteiger partial charge in [-0.2, -0.15) is 0 Å². The fourth-order valence-electron chi connectivity index (χ4n) is 2.20. The average Bonchev–Trinajstić information content (AvgIpc) is 3.18. The number of methoxy groups -OCH3 is 2. The molecule has 0 aromatic heterocycles. The van der Waals surface area contributed by atoms with E-state index in [4.69, 9.17) is 9.47 Å². The Morgan fingerprint density at radius 2 is 1.84 bits per heavy atom.